The van der Waals surface area contributed by atoms with Gasteiger partial charge >= 0.3 is 5.97 Å². The fraction of sp³-hybridized carbons (Fsp3) is 0.0556. The van der Waals surface area contributed by atoms with Gasteiger partial charge < -0.3 is 9.72 Å². The van der Waals surface area contributed by atoms with Crippen LogP contribution in [0.25, 0.3) is 11.4 Å². The minimum absolute atomic E-state index is 0.333. The Labute approximate surface area is 143 Å². The van der Waals surface area contributed by atoms with Gasteiger partial charge in [0.1, 0.15) is 5.82 Å². The van der Waals surface area contributed by atoms with Crippen LogP contribution in [0.3, 0.4) is 0 Å². The van der Waals surface area contributed by atoms with E-state index in [9.17, 15) is 9.59 Å². The van der Waals surface area contributed by atoms with Gasteiger partial charge in [-0.2, -0.15) is 0 Å². The van der Waals surface area contributed by atoms with Crippen LogP contribution in [0.4, 0.5) is 0 Å². The minimum Gasteiger partial charge on any atom is -0.454 e. The smallest absolute Gasteiger partial charge is 0.338 e. The first kappa shape index (κ1) is 16.0. The summed E-state index contributed by atoms with van der Waals surface area (Å²) in [6.07, 6.45) is 3.37. The van der Waals surface area contributed by atoms with Crippen molar-refractivity contribution in [1.82, 2.24) is 9.97 Å². The lowest BCUT2D eigenvalue weighted by Crippen LogP contribution is -2.14. The van der Waals surface area contributed by atoms with Gasteiger partial charge in [-0.05, 0) is 24.3 Å². The molecule has 0 amide bonds. The van der Waals surface area contributed by atoms with Crippen LogP contribution in [0.15, 0.2) is 60.9 Å². The van der Waals surface area contributed by atoms with Crippen molar-refractivity contribution in [2.24, 2.45) is 0 Å². The average molecular weight is 341 g/mol. The van der Waals surface area contributed by atoms with Crippen molar-refractivity contribution < 1.29 is 14.3 Å². The summed E-state index contributed by atoms with van der Waals surface area (Å²) < 4.78 is 5.06. The molecule has 0 aliphatic carbocycles. The van der Waals surface area contributed by atoms with Crippen molar-refractivity contribution in [3.8, 4) is 11.4 Å². The highest BCUT2D eigenvalue weighted by molar-refractivity contribution is 6.34. The first-order chi connectivity index (χ1) is 11.6. The highest BCUT2D eigenvalue weighted by Crippen LogP contribution is 2.17. The molecule has 120 valence electrons. The van der Waals surface area contributed by atoms with Crippen molar-refractivity contribution in [3.63, 3.8) is 0 Å². The number of hydrogen-bond acceptors (Lipinski definition) is 4. The van der Waals surface area contributed by atoms with Crippen LogP contribution in [0.1, 0.15) is 20.7 Å². The summed E-state index contributed by atoms with van der Waals surface area (Å²) in [6.45, 7) is -0.359. The van der Waals surface area contributed by atoms with E-state index in [2.05, 4.69) is 9.97 Å². The van der Waals surface area contributed by atoms with E-state index in [4.69, 9.17) is 16.3 Å². The number of rotatable bonds is 5. The molecule has 2 aromatic carbocycles. The van der Waals surface area contributed by atoms with Gasteiger partial charge in [0.15, 0.2) is 6.61 Å². The Morgan fingerprint density at radius 1 is 1.08 bits per heavy atom. The monoisotopic (exact) mass is 340 g/mol. The normalized spacial score (nSPS) is 10.4. The number of esters is 1. The number of nitrogens with zero attached hydrogens (tertiary/aromatic N) is 1. The SMILES string of the molecule is O=C(OCC(=O)c1ccccc1Cl)c1ccc(-c2ncc[nH]2)cc1. The third-order valence-corrected chi connectivity index (χ3v) is 3.73. The van der Waals surface area contributed by atoms with E-state index in [-0.39, 0.29) is 12.4 Å². The first-order valence-corrected chi connectivity index (χ1v) is 7.57. The summed E-state index contributed by atoms with van der Waals surface area (Å²) in [6, 6.07) is 13.4. The first-order valence-electron chi connectivity index (χ1n) is 7.20. The summed E-state index contributed by atoms with van der Waals surface area (Å²) in [4.78, 5) is 31.2. The Morgan fingerprint density at radius 3 is 2.50 bits per heavy atom. The predicted molar refractivity (Wildman–Crippen MR) is 90.1 cm³/mol. The fourth-order valence-electron chi connectivity index (χ4n) is 2.17. The Morgan fingerprint density at radius 2 is 1.83 bits per heavy atom. The zero-order valence-corrected chi connectivity index (χ0v) is 13.3. The molecule has 0 radical (unpaired) electrons. The zero-order valence-electron chi connectivity index (χ0n) is 12.5. The maximum Gasteiger partial charge on any atom is 0.338 e. The number of halogens is 1. The maximum absolute atomic E-state index is 12.0. The number of carbonyl (C=O) groups is 2. The summed E-state index contributed by atoms with van der Waals surface area (Å²) in [7, 11) is 0. The Hall–Kier alpha value is -2.92. The van der Waals surface area contributed by atoms with Crippen LogP contribution in [0, 0.1) is 0 Å². The van der Waals surface area contributed by atoms with E-state index in [0.717, 1.165) is 5.56 Å². The molecule has 1 N–H and O–H groups in total. The molecule has 6 heteroatoms. The van der Waals surface area contributed by atoms with Crippen LogP contribution in [0.2, 0.25) is 5.02 Å². The number of hydrogen-bond donors (Lipinski definition) is 1. The highest BCUT2D eigenvalue weighted by Gasteiger charge is 2.14. The molecule has 0 fully saturated rings. The van der Waals surface area contributed by atoms with Gasteiger partial charge in [0, 0.05) is 23.5 Å². The van der Waals surface area contributed by atoms with E-state index >= 15 is 0 Å². The molecule has 0 unspecified atom stereocenters. The van der Waals surface area contributed by atoms with Crippen molar-refractivity contribution in [1.29, 1.82) is 0 Å². The molecule has 0 spiro atoms. The third kappa shape index (κ3) is 3.52. The van der Waals surface area contributed by atoms with Crippen LogP contribution in [-0.2, 0) is 4.74 Å². The Bertz CT molecular complexity index is 858. The van der Waals surface area contributed by atoms with Crippen molar-refractivity contribution in [2.45, 2.75) is 0 Å². The second-order valence-electron chi connectivity index (χ2n) is 4.99. The van der Waals surface area contributed by atoms with Crippen molar-refractivity contribution >= 4 is 23.4 Å². The van der Waals surface area contributed by atoms with Crippen LogP contribution in [0.5, 0.6) is 0 Å². The Balaban J connectivity index is 1.63. The molecule has 0 aliphatic rings. The molecule has 0 atom stereocenters. The number of aromatic nitrogens is 2. The molecule has 0 aliphatic heterocycles. The molecule has 1 heterocycles. The number of imidazole rings is 1. The predicted octanol–water partition coefficient (Wildman–Crippen LogP) is 3.77. The summed E-state index contributed by atoms with van der Waals surface area (Å²) >= 11 is 5.95. The zero-order chi connectivity index (χ0) is 16.9. The minimum atomic E-state index is -0.568. The molecule has 0 bridgehead atoms. The van der Waals surface area contributed by atoms with Gasteiger partial charge in [0.05, 0.1) is 10.6 Å². The maximum atomic E-state index is 12.0. The van der Waals surface area contributed by atoms with Gasteiger partial charge in [0.25, 0.3) is 0 Å². The number of benzene rings is 2. The highest BCUT2D eigenvalue weighted by atomic mass is 35.5. The van der Waals surface area contributed by atoms with Crippen LogP contribution >= 0.6 is 11.6 Å². The molecular formula is C18H13ClN2O3. The summed E-state index contributed by atoms with van der Waals surface area (Å²) in [5.41, 5.74) is 1.54. The number of carbonyl (C=O) groups excluding carboxylic acids is 2. The lowest BCUT2D eigenvalue weighted by atomic mass is 10.1. The Kier molecular flexibility index (Phi) is 4.72. The van der Waals surface area contributed by atoms with E-state index in [0.29, 0.717) is 22.0 Å². The lowest BCUT2D eigenvalue weighted by molar-refractivity contribution is 0.0475. The molecule has 24 heavy (non-hydrogen) atoms. The molecule has 3 rings (SSSR count). The van der Waals surface area contributed by atoms with Crippen LogP contribution in [-0.4, -0.2) is 28.3 Å². The number of ether oxygens (including phenoxy) is 1. The lowest BCUT2D eigenvalue weighted by Gasteiger charge is -2.06. The summed E-state index contributed by atoms with van der Waals surface area (Å²) in [5.74, 6) is -0.202. The quantitative estimate of drug-likeness (QED) is 0.567. The standard InChI is InChI=1S/C18H13ClN2O3/c19-15-4-2-1-3-14(15)16(22)11-24-18(23)13-7-5-12(6-8-13)17-20-9-10-21-17/h1-10H,11H2,(H,20,21). The number of aromatic amines is 1. The van der Waals surface area contributed by atoms with Crippen molar-refractivity contribution in [3.05, 3.63) is 77.1 Å². The van der Waals surface area contributed by atoms with Crippen molar-refractivity contribution in [2.75, 3.05) is 6.61 Å². The number of ketones is 1. The fourth-order valence-corrected chi connectivity index (χ4v) is 2.41. The number of H-pyrrole nitrogens is 1. The van der Waals surface area contributed by atoms with Crippen LogP contribution < -0.4 is 0 Å². The van der Waals surface area contributed by atoms with E-state index < -0.39 is 5.97 Å². The molecule has 0 saturated carbocycles. The van der Waals surface area contributed by atoms with Gasteiger partial charge in [-0.25, -0.2) is 9.78 Å². The molecule has 0 saturated heterocycles. The van der Waals surface area contributed by atoms with Gasteiger partial charge in [-0.3, -0.25) is 4.79 Å². The summed E-state index contributed by atoms with van der Waals surface area (Å²) in [5, 5.41) is 0.335. The van der Waals surface area contributed by atoms with E-state index in [1.165, 1.54) is 0 Å². The molecule has 5 nitrogen and oxygen atoms in total. The van der Waals surface area contributed by atoms with E-state index in [1.807, 2.05) is 0 Å². The third-order valence-electron chi connectivity index (χ3n) is 3.40. The number of Topliss-reactive ketones (excluding diaryl/α,β-unsaturated/α-hetero) is 1. The van der Waals surface area contributed by atoms with Gasteiger partial charge in [-0.15, -0.1) is 0 Å². The largest absolute Gasteiger partial charge is 0.454 e. The van der Waals surface area contributed by atoms with Gasteiger partial charge in [-0.1, -0.05) is 35.9 Å². The molecule has 1 aromatic heterocycles. The van der Waals surface area contributed by atoms with E-state index in [1.54, 1.807) is 60.9 Å². The average Bonchev–Trinajstić information content (AvgIpc) is 3.14. The second kappa shape index (κ2) is 7.10. The molecule has 3 aromatic rings. The topological polar surface area (TPSA) is 72.1 Å². The molecular weight excluding hydrogens is 328 g/mol. The van der Waals surface area contributed by atoms with Gasteiger partial charge in [0.2, 0.25) is 5.78 Å². The second-order valence-corrected chi connectivity index (χ2v) is 5.40. The number of nitrogens with one attached hydrogen (secondary N) is 1.